The first kappa shape index (κ1) is 27.0. The lowest BCUT2D eigenvalue weighted by Gasteiger charge is -2.32. The lowest BCUT2D eigenvalue weighted by Crippen LogP contribution is -2.53. The Morgan fingerprint density at radius 3 is 2.30 bits per heavy atom. The molecule has 0 aliphatic carbocycles. The Hall–Kier alpha value is -0.0200. The maximum atomic E-state index is 10.7. The van der Waals surface area contributed by atoms with E-state index in [1.54, 1.807) is 14.2 Å². The highest BCUT2D eigenvalue weighted by atomic mass is 32.2. The minimum atomic E-state index is -3.68. The molecule has 0 heterocycles. The van der Waals surface area contributed by atoms with Crippen molar-refractivity contribution in [2.75, 3.05) is 54.1 Å². The third-order valence-corrected chi connectivity index (χ3v) is 5.53. The van der Waals surface area contributed by atoms with Gasteiger partial charge in [-0.2, -0.15) is 21.0 Å². The van der Waals surface area contributed by atoms with Gasteiger partial charge in [0.2, 0.25) is 0 Å². The molecule has 0 saturated carbocycles. The van der Waals surface area contributed by atoms with E-state index in [9.17, 15) is 8.42 Å². The summed E-state index contributed by atoms with van der Waals surface area (Å²) in [5, 5.41) is 11.2. The number of ether oxygens (including phenoxy) is 3. The van der Waals surface area contributed by atoms with E-state index < -0.39 is 10.2 Å². The fourth-order valence-electron chi connectivity index (χ4n) is 2.55. The number of methoxy groups -OCH3 is 2. The predicted octanol–water partition coefficient (Wildman–Crippen LogP) is -1.96. The number of nitrogens with two attached hydrogens (primary N) is 2. The third-order valence-electron chi connectivity index (χ3n) is 4.18. The number of hydrogen-bond acceptors (Lipinski definition) is 9. The van der Waals surface area contributed by atoms with E-state index in [2.05, 4.69) is 15.4 Å². The minimum Gasteiger partial charge on any atom is -0.379 e. The molecule has 0 saturated heterocycles. The zero-order valence-electron chi connectivity index (χ0n) is 16.7. The van der Waals surface area contributed by atoms with Crippen molar-refractivity contribution < 1.29 is 22.6 Å². The molecule has 0 amide bonds. The molecular formula is C15H37N5O5S2. The van der Waals surface area contributed by atoms with Gasteiger partial charge in [-0.15, -0.1) is 0 Å². The quantitative estimate of drug-likeness (QED) is 0.115. The SMILES string of the molecule is CNCC(NCCOCCNS(N)(=O)=O)C(S)C(N)C[C@H](OC)C(C)OC. The Morgan fingerprint density at radius 1 is 1.15 bits per heavy atom. The van der Waals surface area contributed by atoms with Gasteiger partial charge in [0.1, 0.15) is 0 Å². The van der Waals surface area contributed by atoms with Gasteiger partial charge in [0.25, 0.3) is 10.2 Å². The number of likely N-dealkylation sites (N-methyl/N-ethyl adjacent to an activating group) is 1. The molecule has 10 nitrogen and oxygen atoms in total. The fourth-order valence-corrected chi connectivity index (χ4v) is 3.25. The monoisotopic (exact) mass is 431 g/mol. The van der Waals surface area contributed by atoms with Crippen LogP contribution in [-0.4, -0.2) is 92.1 Å². The Bertz CT molecular complexity index is 472. The van der Waals surface area contributed by atoms with E-state index in [-0.39, 0.29) is 42.7 Å². The van der Waals surface area contributed by atoms with Crippen molar-refractivity contribution in [2.24, 2.45) is 10.9 Å². The van der Waals surface area contributed by atoms with Crippen LogP contribution in [0.4, 0.5) is 0 Å². The predicted molar refractivity (Wildman–Crippen MR) is 110 cm³/mol. The summed E-state index contributed by atoms with van der Waals surface area (Å²) in [4.78, 5) is 0. The molecule has 27 heavy (non-hydrogen) atoms. The van der Waals surface area contributed by atoms with Crippen LogP contribution in [0.25, 0.3) is 0 Å². The van der Waals surface area contributed by atoms with Crippen molar-refractivity contribution in [3.8, 4) is 0 Å². The highest BCUT2D eigenvalue weighted by Crippen LogP contribution is 2.15. The van der Waals surface area contributed by atoms with Gasteiger partial charge in [-0.3, -0.25) is 0 Å². The molecule has 0 rings (SSSR count). The smallest absolute Gasteiger partial charge is 0.274 e. The Kier molecular flexibility index (Phi) is 14.9. The van der Waals surface area contributed by atoms with Gasteiger partial charge in [-0.05, 0) is 20.4 Å². The van der Waals surface area contributed by atoms with Crippen LogP contribution in [-0.2, 0) is 24.4 Å². The van der Waals surface area contributed by atoms with Crippen LogP contribution in [0.3, 0.4) is 0 Å². The van der Waals surface area contributed by atoms with Crippen molar-refractivity contribution in [2.45, 2.75) is 42.9 Å². The number of thiol groups is 1. The standard InChI is InChI=1S/C15H37N5O5S2/c1-11(23-3)14(24-4)9-12(16)15(26)13(10-18-2)19-5-7-25-8-6-20-27(17,21)22/h11-15,18-20,26H,5-10,16H2,1-4H3,(H2,17,21,22)/t11?,12?,13?,14-,15?/m0/s1. The van der Waals surface area contributed by atoms with E-state index in [0.29, 0.717) is 26.1 Å². The van der Waals surface area contributed by atoms with Gasteiger partial charge in [-0.25, -0.2) is 9.86 Å². The molecule has 0 aromatic carbocycles. The van der Waals surface area contributed by atoms with Crippen LogP contribution in [0.2, 0.25) is 0 Å². The second kappa shape index (κ2) is 14.9. The first-order valence-electron chi connectivity index (χ1n) is 8.88. The average molecular weight is 432 g/mol. The van der Waals surface area contributed by atoms with Gasteiger partial charge < -0.3 is 30.6 Å². The van der Waals surface area contributed by atoms with Gasteiger partial charge in [0.15, 0.2) is 0 Å². The van der Waals surface area contributed by atoms with E-state index in [1.165, 1.54) is 0 Å². The summed E-state index contributed by atoms with van der Waals surface area (Å²) in [6.45, 7) is 4.00. The first-order chi connectivity index (χ1) is 12.7. The molecule has 164 valence electrons. The highest BCUT2D eigenvalue weighted by Gasteiger charge is 2.28. The summed E-state index contributed by atoms with van der Waals surface area (Å²) in [5.74, 6) is 0. The topological polar surface area (TPSA) is 150 Å². The normalized spacial score (nSPS) is 18.0. The second-order valence-corrected chi connectivity index (χ2v) is 8.25. The van der Waals surface area contributed by atoms with Gasteiger partial charge in [0.05, 0.1) is 25.4 Å². The Balaban J connectivity index is 4.31. The summed E-state index contributed by atoms with van der Waals surface area (Å²) in [5.41, 5.74) is 6.34. The molecule has 0 aliphatic heterocycles. The zero-order chi connectivity index (χ0) is 20.9. The summed E-state index contributed by atoms with van der Waals surface area (Å²) in [6.07, 6.45) is 0.457. The minimum absolute atomic E-state index is 0.0230. The van der Waals surface area contributed by atoms with Crippen molar-refractivity contribution in [3.05, 3.63) is 0 Å². The summed E-state index contributed by atoms with van der Waals surface area (Å²) in [6, 6.07) is -0.170. The average Bonchev–Trinajstić information content (AvgIpc) is 2.61. The van der Waals surface area contributed by atoms with Crippen LogP contribution in [0.1, 0.15) is 13.3 Å². The van der Waals surface area contributed by atoms with Gasteiger partial charge in [-0.1, -0.05) is 0 Å². The maximum Gasteiger partial charge on any atom is 0.274 e. The molecule has 0 radical (unpaired) electrons. The van der Waals surface area contributed by atoms with Crippen molar-refractivity contribution in [3.63, 3.8) is 0 Å². The van der Waals surface area contributed by atoms with Gasteiger partial charge >= 0.3 is 0 Å². The molecule has 0 spiro atoms. The molecule has 0 aromatic rings. The lowest BCUT2D eigenvalue weighted by molar-refractivity contribution is -0.0330. The molecule has 0 aromatic heterocycles. The van der Waals surface area contributed by atoms with Crippen LogP contribution in [0, 0.1) is 0 Å². The summed E-state index contributed by atoms with van der Waals surface area (Å²) in [7, 11) is 1.47. The lowest BCUT2D eigenvalue weighted by atomic mass is 9.98. The first-order valence-corrected chi connectivity index (χ1v) is 10.9. The van der Waals surface area contributed by atoms with Crippen LogP contribution < -0.4 is 26.2 Å². The number of nitrogens with one attached hydrogen (secondary N) is 3. The van der Waals surface area contributed by atoms with E-state index >= 15 is 0 Å². The molecule has 5 atom stereocenters. The number of rotatable bonds is 17. The Morgan fingerprint density at radius 2 is 1.78 bits per heavy atom. The maximum absolute atomic E-state index is 10.7. The Labute approximate surface area is 169 Å². The largest absolute Gasteiger partial charge is 0.379 e. The summed E-state index contributed by atoms with van der Waals surface area (Å²) < 4.78 is 39.8. The molecule has 4 unspecified atom stereocenters. The van der Waals surface area contributed by atoms with Crippen LogP contribution >= 0.6 is 12.6 Å². The van der Waals surface area contributed by atoms with Gasteiger partial charge in [0, 0.05) is 51.2 Å². The summed E-state index contributed by atoms with van der Waals surface area (Å²) >= 11 is 4.70. The third kappa shape index (κ3) is 12.9. The van der Waals surface area contributed by atoms with Crippen LogP contribution in [0.15, 0.2) is 0 Å². The fraction of sp³-hybridized carbons (Fsp3) is 1.00. The molecular weight excluding hydrogens is 394 g/mol. The van der Waals surface area contributed by atoms with Crippen molar-refractivity contribution in [1.29, 1.82) is 0 Å². The highest BCUT2D eigenvalue weighted by molar-refractivity contribution is 7.87. The molecule has 7 N–H and O–H groups in total. The van der Waals surface area contributed by atoms with E-state index in [1.807, 2.05) is 14.0 Å². The van der Waals surface area contributed by atoms with Crippen molar-refractivity contribution in [1.82, 2.24) is 15.4 Å². The molecule has 0 bridgehead atoms. The zero-order valence-corrected chi connectivity index (χ0v) is 18.4. The van der Waals surface area contributed by atoms with Crippen LogP contribution in [0.5, 0.6) is 0 Å². The molecule has 0 fully saturated rings. The molecule has 0 aliphatic rings. The molecule has 12 heteroatoms. The van der Waals surface area contributed by atoms with E-state index in [0.717, 1.165) is 0 Å². The number of hydrogen-bond donors (Lipinski definition) is 6. The van der Waals surface area contributed by atoms with E-state index in [4.69, 9.17) is 37.7 Å². The van der Waals surface area contributed by atoms with Crippen molar-refractivity contribution >= 4 is 22.8 Å². The second-order valence-electron chi connectivity index (χ2n) is 6.28.